The van der Waals surface area contributed by atoms with Crippen molar-refractivity contribution in [2.24, 2.45) is 7.05 Å². The predicted octanol–water partition coefficient (Wildman–Crippen LogP) is -0.00110. The highest BCUT2D eigenvalue weighted by Crippen LogP contribution is 2.11. The van der Waals surface area contributed by atoms with Crippen molar-refractivity contribution in [3.8, 4) is 5.75 Å². The fourth-order valence-corrected chi connectivity index (χ4v) is 1.53. The van der Waals surface area contributed by atoms with E-state index in [4.69, 9.17) is 4.74 Å². The second-order valence-electron chi connectivity index (χ2n) is 3.83. The van der Waals surface area contributed by atoms with Crippen LogP contribution in [0.15, 0.2) is 40.1 Å². The zero-order valence-corrected chi connectivity index (χ0v) is 10.2. The molecule has 1 heterocycles. The van der Waals surface area contributed by atoms with Crippen molar-refractivity contribution in [3.63, 3.8) is 0 Å². The number of nitrogens with zero attached hydrogens (tertiary/aromatic N) is 3. The molecular weight excluding hydrogens is 234 g/mol. The first-order chi connectivity index (χ1) is 8.61. The van der Waals surface area contributed by atoms with Gasteiger partial charge in [0.1, 0.15) is 11.9 Å². The number of methoxy groups -OCH3 is 1. The highest BCUT2D eigenvalue weighted by Gasteiger charge is 2.03. The molecule has 18 heavy (non-hydrogen) atoms. The lowest BCUT2D eigenvalue weighted by molar-refractivity contribution is 0.414. The zero-order valence-electron chi connectivity index (χ0n) is 10.2. The standard InChI is InChI=1S/C12H13N3O3/c1-14-11(16)7-13-15(12(14)17)8-9-3-5-10(18-2)6-4-9/h3-7H,8H2,1-2H3. The van der Waals surface area contributed by atoms with E-state index in [1.165, 1.54) is 11.7 Å². The molecule has 0 atom stereocenters. The number of rotatable bonds is 3. The van der Waals surface area contributed by atoms with Gasteiger partial charge in [-0.15, -0.1) is 0 Å². The van der Waals surface area contributed by atoms with Crippen molar-refractivity contribution >= 4 is 0 Å². The summed E-state index contributed by atoms with van der Waals surface area (Å²) in [5.74, 6) is 0.750. The molecule has 0 radical (unpaired) electrons. The smallest absolute Gasteiger partial charge is 0.347 e. The predicted molar refractivity (Wildman–Crippen MR) is 65.8 cm³/mol. The van der Waals surface area contributed by atoms with Crippen molar-refractivity contribution in [2.75, 3.05) is 7.11 Å². The second-order valence-corrected chi connectivity index (χ2v) is 3.83. The molecule has 6 heteroatoms. The molecule has 0 N–H and O–H groups in total. The van der Waals surface area contributed by atoms with Gasteiger partial charge in [0.15, 0.2) is 0 Å². The summed E-state index contributed by atoms with van der Waals surface area (Å²) < 4.78 is 7.31. The molecule has 1 aromatic heterocycles. The van der Waals surface area contributed by atoms with E-state index < -0.39 is 11.2 Å². The van der Waals surface area contributed by atoms with Crippen molar-refractivity contribution in [3.05, 3.63) is 56.9 Å². The minimum absolute atomic E-state index is 0.316. The Kier molecular flexibility index (Phi) is 3.27. The van der Waals surface area contributed by atoms with E-state index in [1.807, 2.05) is 24.3 Å². The molecule has 6 nitrogen and oxygen atoms in total. The third kappa shape index (κ3) is 2.32. The lowest BCUT2D eigenvalue weighted by atomic mass is 10.2. The zero-order chi connectivity index (χ0) is 13.1. The van der Waals surface area contributed by atoms with E-state index in [0.717, 1.165) is 22.1 Å². The van der Waals surface area contributed by atoms with Gasteiger partial charge in [-0.05, 0) is 17.7 Å². The number of benzene rings is 1. The molecule has 0 saturated carbocycles. The maximum Gasteiger partial charge on any atom is 0.347 e. The topological polar surface area (TPSA) is 66.1 Å². The molecule has 94 valence electrons. The Morgan fingerprint density at radius 3 is 2.50 bits per heavy atom. The Morgan fingerprint density at radius 1 is 1.22 bits per heavy atom. The quantitative estimate of drug-likeness (QED) is 0.765. The molecule has 0 aliphatic heterocycles. The minimum Gasteiger partial charge on any atom is -0.497 e. The van der Waals surface area contributed by atoms with Gasteiger partial charge in [0, 0.05) is 7.05 Å². The van der Waals surface area contributed by atoms with E-state index >= 15 is 0 Å². The van der Waals surface area contributed by atoms with Crippen LogP contribution in [0.5, 0.6) is 5.75 Å². The molecule has 0 aliphatic rings. The first-order valence-corrected chi connectivity index (χ1v) is 5.38. The average Bonchev–Trinajstić information content (AvgIpc) is 2.40. The molecule has 0 amide bonds. The monoisotopic (exact) mass is 247 g/mol. The normalized spacial score (nSPS) is 10.3. The van der Waals surface area contributed by atoms with Crippen LogP contribution in [0, 0.1) is 0 Å². The fourth-order valence-electron chi connectivity index (χ4n) is 1.53. The largest absolute Gasteiger partial charge is 0.497 e. The van der Waals surface area contributed by atoms with Crippen LogP contribution in [-0.2, 0) is 13.6 Å². The summed E-state index contributed by atoms with van der Waals surface area (Å²) in [6.07, 6.45) is 1.13. The van der Waals surface area contributed by atoms with Gasteiger partial charge in [0.05, 0.1) is 13.7 Å². The van der Waals surface area contributed by atoms with Gasteiger partial charge in [-0.3, -0.25) is 9.36 Å². The van der Waals surface area contributed by atoms with Gasteiger partial charge >= 0.3 is 5.69 Å². The van der Waals surface area contributed by atoms with Gasteiger partial charge in [-0.2, -0.15) is 5.10 Å². The molecule has 0 aliphatic carbocycles. The van der Waals surface area contributed by atoms with Crippen LogP contribution in [0.1, 0.15) is 5.56 Å². The highest BCUT2D eigenvalue weighted by molar-refractivity contribution is 5.27. The molecule has 0 spiro atoms. The van der Waals surface area contributed by atoms with Gasteiger partial charge in [-0.1, -0.05) is 12.1 Å². The molecule has 0 bridgehead atoms. The highest BCUT2D eigenvalue weighted by atomic mass is 16.5. The maximum atomic E-state index is 11.8. The third-order valence-corrected chi connectivity index (χ3v) is 2.64. The Hall–Kier alpha value is -2.37. The lowest BCUT2D eigenvalue weighted by Crippen LogP contribution is -2.39. The average molecular weight is 247 g/mol. The fraction of sp³-hybridized carbons (Fsp3) is 0.250. The number of hydrogen-bond donors (Lipinski definition) is 0. The summed E-state index contributed by atoms with van der Waals surface area (Å²) in [5.41, 5.74) is 0.0633. The third-order valence-electron chi connectivity index (χ3n) is 2.64. The van der Waals surface area contributed by atoms with Crippen molar-refractivity contribution < 1.29 is 4.74 Å². The first-order valence-electron chi connectivity index (χ1n) is 5.38. The SMILES string of the molecule is COc1ccc(Cn2ncc(=O)n(C)c2=O)cc1. The van der Waals surface area contributed by atoms with Gasteiger partial charge in [0.2, 0.25) is 0 Å². The van der Waals surface area contributed by atoms with Crippen molar-refractivity contribution in [1.29, 1.82) is 0 Å². The summed E-state index contributed by atoms with van der Waals surface area (Å²) in [6, 6.07) is 7.31. The summed E-state index contributed by atoms with van der Waals surface area (Å²) in [5, 5.41) is 3.82. The van der Waals surface area contributed by atoms with Gasteiger partial charge in [0.25, 0.3) is 5.56 Å². The summed E-state index contributed by atoms with van der Waals surface area (Å²) in [7, 11) is 3.02. The van der Waals surface area contributed by atoms with Crippen LogP contribution in [0.2, 0.25) is 0 Å². The van der Waals surface area contributed by atoms with Crippen LogP contribution in [0.4, 0.5) is 0 Å². The molecule has 2 aromatic rings. The summed E-state index contributed by atoms with van der Waals surface area (Å²) in [4.78, 5) is 23.0. The molecule has 0 unspecified atom stereocenters. The Bertz CT molecular complexity index is 656. The Morgan fingerprint density at radius 2 is 1.89 bits per heavy atom. The van der Waals surface area contributed by atoms with Crippen LogP contribution in [-0.4, -0.2) is 21.5 Å². The number of aromatic nitrogens is 3. The molecular formula is C12H13N3O3. The van der Waals surface area contributed by atoms with E-state index in [9.17, 15) is 9.59 Å². The van der Waals surface area contributed by atoms with Crippen molar-refractivity contribution in [1.82, 2.24) is 14.3 Å². The number of hydrogen-bond acceptors (Lipinski definition) is 4. The molecule has 0 fully saturated rings. The lowest BCUT2D eigenvalue weighted by Gasteiger charge is -2.06. The summed E-state index contributed by atoms with van der Waals surface area (Å²) >= 11 is 0. The molecule has 0 saturated heterocycles. The minimum atomic E-state index is -0.432. The van der Waals surface area contributed by atoms with E-state index in [1.54, 1.807) is 7.11 Å². The maximum absolute atomic E-state index is 11.8. The second kappa shape index (κ2) is 4.87. The Balaban J connectivity index is 2.31. The Labute approximate surface area is 103 Å². The van der Waals surface area contributed by atoms with E-state index in [2.05, 4.69) is 5.10 Å². The van der Waals surface area contributed by atoms with E-state index in [-0.39, 0.29) is 0 Å². The van der Waals surface area contributed by atoms with Crippen LogP contribution in [0.25, 0.3) is 0 Å². The van der Waals surface area contributed by atoms with Crippen molar-refractivity contribution in [2.45, 2.75) is 6.54 Å². The van der Waals surface area contributed by atoms with Gasteiger partial charge < -0.3 is 4.74 Å². The van der Waals surface area contributed by atoms with Gasteiger partial charge in [-0.25, -0.2) is 9.48 Å². The van der Waals surface area contributed by atoms with Crippen LogP contribution >= 0.6 is 0 Å². The van der Waals surface area contributed by atoms with E-state index in [0.29, 0.717) is 6.54 Å². The summed E-state index contributed by atoms with van der Waals surface area (Å²) in [6.45, 7) is 0.316. The van der Waals surface area contributed by atoms with Crippen LogP contribution < -0.4 is 16.0 Å². The molecule has 2 rings (SSSR count). The van der Waals surface area contributed by atoms with Crippen LogP contribution in [0.3, 0.4) is 0 Å². The molecule has 1 aromatic carbocycles. The number of ether oxygens (including phenoxy) is 1. The first kappa shape index (κ1) is 12.1.